The molecule has 0 saturated carbocycles. The first-order valence-electron chi connectivity index (χ1n) is 6.96. The van der Waals surface area contributed by atoms with Crippen LogP contribution in [0.1, 0.15) is 50.3 Å². The van der Waals surface area contributed by atoms with Gasteiger partial charge in [-0.15, -0.1) is 0 Å². The Kier molecular flexibility index (Phi) is 3.76. The van der Waals surface area contributed by atoms with E-state index in [9.17, 15) is 10.2 Å². The molecule has 2 aromatic carbocycles. The largest absolute Gasteiger partial charge is 0.508 e. The predicted octanol–water partition coefficient (Wildman–Crippen LogP) is 4.55. The van der Waals surface area contributed by atoms with Crippen LogP contribution in [0.25, 0.3) is 0 Å². The molecule has 0 bridgehead atoms. The maximum Gasteiger partial charge on any atom is 0.123 e. The summed E-state index contributed by atoms with van der Waals surface area (Å²) in [4.78, 5) is 0. The van der Waals surface area contributed by atoms with E-state index in [0.29, 0.717) is 5.92 Å². The lowest BCUT2D eigenvalue weighted by Gasteiger charge is -2.30. The number of rotatable bonds is 3. The third kappa shape index (κ3) is 2.51. The number of phenolic OH excluding ortho intramolecular Hbond substituents is 2. The number of aromatic hydroxyl groups is 2. The van der Waals surface area contributed by atoms with Crippen LogP contribution in [0.4, 0.5) is 0 Å². The first-order chi connectivity index (χ1) is 9.34. The molecule has 0 heterocycles. The van der Waals surface area contributed by atoms with Gasteiger partial charge in [0.05, 0.1) is 0 Å². The molecule has 0 aliphatic carbocycles. The summed E-state index contributed by atoms with van der Waals surface area (Å²) >= 11 is 0. The van der Waals surface area contributed by atoms with E-state index in [1.165, 1.54) is 17.2 Å². The molecule has 2 aromatic rings. The van der Waals surface area contributed by atoms with Crippen molar-refractivity contribution in [3.8, 4) is 11.5 Å². The van der Waals surface area contributed by atoms with Gasteiger partial charge in [-0.25, -0.2) is 0 Å². The molecule has 2 nitrogen and oxygen atoms in total. The number of hydrogen-bond donors (Lipinski definition) is 2. The van der Waals surface area contributed by atoms with Crippen LogP contribution in [-0.4, -0.2) is 10.2 Å². The van der Waals surface area contributed by atoms with Gasteiger partial charge in [-0.3, -0.25) is 0 Å². The normalized spacial score (nSPS) is 11.8. The quantitative estimate of drug-likeness (QED) is 0.859. The zero-order chi connectivity index (χ0) is 14.9. The summed E-state index contributed by atoms with van der Waals surface area (Å²) in [5, 5.41) is 19.6. The average Bonchev–Trinajstić information content (AvgIpc) is 2.38. The SMILES string of the molecule is CC(C)c1ccccc1C(C)(C)c1ccc(O)cc1O. The maximum absolute atomic E-state index is 10.2. The van der Waals surface area contributed by atoms with Crippen LogP contribution in [0.3, 0.4) is 0 Å². The van der Waals surface area contributed by atoms with E-state index in [4.69, 9.17) is 0 Å². The van der Waals surface area contributed by atoms with Gasteiger partial charge in [-0.2, -0.15) is 0 Å². The third-order valence-corrected chi connectivity index (χ3v) is 3.91. The highest BCUT2D eigenvalue weighted by Gasteiger charge is 2.28. The summed E-state index contributed by atoms with van der Waals surface area (Å²) in [7, 11) is 0. The van der Waals surface area contributed by atoms with E-state index >= 15 is 0 Å². The molecule has 0 aromatic heterocycles. The van der Waals surface area contributed by atoms with Crippen LogP contribution in [-0.2, 0) is 5.41 Å². The molecule has 0 unspecified atom stereocenters. The molecule has 0 saturated heterocycles. The third-order valence-electron chi connectivity index (χ3n) is 3.91. The zero-order valence-corrected chi connectivity index (χ0v) is 12.5. The second-order valence-electron chi connectivity index (χ2n) is 6.07. The lowest BCUT2D eigenvalue weighted by atomic mass is 9.74. The first-order valence-corrected chi connectivity index (χ1v) is 6.96. The van der Waals surface area contributed by atoms with Crippen molar-refractivity contribution in [2.75, 3.05) is 0 Å². The Hall–Kier alpha value is -1.96. The van der Waals surface area contributed by atoms with Crippen molar-refractivity contribution in [1.82, 2.24) is 0 Å². The summed E-state index contributed by atoms with van der Waals surface area (Å²) in [6, 6.07) is 13.1. The Bertz CT molecular complexity index is 613. The predicted molar refractivity (Wildman–Crippen MR) is 82.4 cm³/mol. The fraction of sp³-hybridized carbons (Fsp3) is 0.333. The minimum absolute atomic E-state index is 0.0826. The molecule has 106 valence electrons. The summed E-state index contributed by atoms with van der Waals surface area (Å²) in [6.45, 7) is 8.54. The first kappa shape index (κ1) is 14.4. The second kappa shape index (κ2) is 5.20. The van der Waals surface area contributed by atoms with Gasteiger partial charge in [0, 0.05) is 17.0 Å². The van der Waals surface area contributed by atoms with Crippen molar-refractivity contribution < 1.29 is 10.2 Å². The molecule has 0 spiro atoms. The minimum Gasteiger partial charge on any atom is -0.508 e. The Balaban J connectivity index is 2.60. The van der Waals surface area contributed by atoms with Gasteiger partial charge in [0.15, 0.2) is 0 Å². The highest BCUT2D eigenvalue weighted by molar-refractivity contribution is 5.50. The molecule has 0 aliphatic heterocycles. The van der Waals surface area contributed by atoms with Crippen molar-refractivity contribution in [2.24, 2.45) is 0 Å². The van der Waals surface area contributed by atoms with Gasteiger partial charge in [-0.05, 0) is 23.1 Å². The van der Waals surface area contributed by atoms with Crippen LogP contribution in [0.2, 0.25) is 0 Å². The molecule has 0 atom stereocenters. The van der Waals surface area contributed by atoms with Crippen molar-refractivity contribution in [1.29, 1.82) is 0 Å². The molecule has 2 rings (SSSR count). The summed E-state index contributed by atoms with van der Waals surface area (Å²) < 4.78 is 0. The van der Waals surface area contributed by atoms with Crippen LogP contribution < -0.4 is 0 Å². The summed E-state index contributed by atoms with van der Waals surface area (Å²) in [5.41, 5.74) is 2.99. The summed E-state index contributed by atoms with van der Waals surface area (Å²) in [5.74, 6) is 0.637. The monoisotopic (exact) mass is 270 g/mol. The van der Waals surface area contributed by atoms with Crippen molar-refractivity contribution in [2.45, 2.75) is 39.0 Å². The van der Waals surface area contributed by atoms with Crippen LogP contribution in [0.5, 0.6) is 11.5 Å². The van der Waals surface area contributed by atoms with E-state index in [1.807, 2.05) is 12.1 Å². The second-order valence-corrected chi connectivity index (χ2v) is 6.07. The van der Waals surface area contributed by atoms with Crippen molar-refractivity contribution in [3.05, 3.63) is 59.2 Å². The fourth-order valence-electron chi connectivity index (χ4n) is 2.76. The lowest BCUT2D eigenvalue weighted by Crippen LogP contribution is -2.21. The topological polar surface area (TPSA) is 40.5 Å². The van der Waals surface area contributed by atoms with Crippen LogP contribution in [0.15, 0.2) is 42.5 Å². The lowest BCUT2D eigenvalue weighted by molar-refractivity contribution is 0.435. The van der Waals surface area contributed by atoms with E-state index in [1.54, 1.807) is 12.1 Å². The molecular weight excluding hydrogens is 248 g/mol. The fourth-order valence-corrected chi connectivity index (χ4v) is 2.76. The van der Waals surface area contributed by atoms with Gasteiger partial charge in [0.25, 0.3) is 0 Å². The van der Waals surface area contributed by atoms with E-state index in [2.05, 4.69) is 39.8 Å². The van der Waals surface area contributed by atoms with Gasteiger partial charge in [-0.1, -0.05) is 58.0 Å². The van der Waals surface area contributed by atoms with Crippen LogP contribution >= 0.6 is 0 Å². The molecule has 20 heavy (non-hydrogen) atoms. The van der Waals surface area contributed by atoms with Crippen LogP contribution in [0, 0.1) is 0 Å². The Labute approximate surface area is 120 Å². The molecule has 0 amide bonds. The molecule has 0 radical (unpaired) electrons. The molecule has 0 fully saturated rings. The number of hydrogen-bond acceptors (Lipinski definition) is 2. The Morgan fingerprint density at radius 3 is 2.15 bits per heavy atom. The molecule has 2 heteroatoms. The van der Waals surface area contributed by atoms with Gasteiger partial charge in [0.1, 0.15) is 11.5 Å². The number of benzene rings is 2. The van der Waals surface area contributed by atoms with Gasteiger partial charge >= 0.3 is 0 Å². The highest BCUT2D eigenvalue weighted by atomic mass is 16.3. The van der Waals surface area contributed by atoms with Crippen molar-refractivity contribution in [3.63, 3.8) is 0 Å². The summed E-state index contributed by atoms with van der Waals surface area (Å²) in [6.07, 6.45) is 0. The minimum atomic E-state index is -0.321. The van der Waals surface area contributed by atoms with E-state index in [-0.39, 0.29) is 16.9 Å². The smallest absolute Gasteiger partial charge is 0.123 e. The Morgan fingerprint density at radius 1 is 0.900 bits per heavy atom. The zero-order valence-electron chi connectivity index (χ0n) is 12.5. The Morgan fingerprint density at radius 2 is 1.55 bits per heavy atom. The number of phenols is 2. The van der Waals surface area contributed by atoms with E-state index in [0.717, 1.165) is 5.56 Å². The molecular formula is C18H22O2. The van der Waals surface area contributed by atoms with Gasteiger partial charge < -0.3 is 10.2 Å². The molecule has 0 aliphatic rings. The van der Waals surface area contributed by atoms with Gasteiger partial charge in [0.2, 0.25) is 0 Å². The maximum atomic E-state index is 10.2. The van der Waals surface area contributed by atoms with Crippen molar-refractivity contribution >= 4 is 0 Å². The standard InChI is InChI=1S/C18H22O2/c1-12(2)14-7-5-6-8-15(14)18(3,4)16-10-9-13(19)11-17(16)20/h5-12,19-20H,1-4H3. The highest BCUT2D eigenvalue weighted by Crippen LogP contribution is 2.40. The molecule has 2 N–H and O–H groups in total. The van der Waals surface area contributed by atoms with E-state index < -0.39 is 0 Å². The average molecular weight is 270 g/mol.